The molecule has 1 saturated heterocycles. The molecule has 1 aliphatic rings. The third kappa shape index (κ3) is 3.98. The highest BCUT2D eigenvalue weighted by Crippen LogP contribution is 2.21. The molecule has 2 heterocycles. The van der Waals surface area contributed by atoms with E-state index < -0.39 is 0 Å². The van der Waals surface area contributed by atoms with Gasteiger partial charge in [0.1, 0.15) is 5.75 Å². The fourth-order valence-electron chi connectivity index (χ4n) is 2.55. The van der Waals surface area contributed by atoms with Crippen LogP contribution in [0.25, 0.3) is 0 Å². The van der Waals surface area contributed by atoms with Crippen molar-refractivity contribution in [3.63, 3.8) is 0 Å². The molecule has 0 amide bonds. The minimum Gasteiger partial charge on any atom is -0.493 e. The van der Waals surface area contributed by atoms with Crippen LogP contribution >= 0.6 is 0 Å². The van der Waals surface area contributed by atoms with E-state index >= 15 is 0 Å². The number of aromatic nitrogens is 2. The van der Waals surface area contributed by atoms with Crippen LogP contribution in [-0.2, 0) is 6.54 Å². The molecule has 0 saturated carbocycles. The minimum atomic E-state index is 0.725. The number of piperazine rings is 1. The molecule has 1 aromatic carbocycles. The number of anilines is 1. The minimum absolute atomic E-state index is 0.725. The number of ether oxygens (including phenoxy) is 1. The molecule has 1 aliphatic heterocycles. The predicted octanol–water partition coefficient (Wildman–Crippen LogP) is 1.76. The number of nitrogens with one attached hydrogen (secondary N) is 1. The van der Waals surface area contributed by atoms with Crippen LogP contribution in [0.3, 0.4) is 0 Å². The Labute approximate surface area is 125 Å². The molecule has 1 aromatic heterocycles. The molecule has 0 spiro atoms. The number of hydrogen-bond acceptors (Lipinski definition) is 4. The maximum atomic E-state index is 5.86. The lowest BCUT2D eigenvalue weighted by molar-refractivity contribution is 0.302. The second kappa shape index (κ2) is 7.13. The Kier molecular flexibility index (Phi) is 4.74. The molecule has 5 nitrogen and oxygen atoms in total. The SMILES string of the molecule is c1cc(OCCCn2ccnc2)cc(N2CCNCC2)c1. The summed E-state index contributed by atoms with van der Waals surface area (Å²) >= 11 is 0. The van der Waals surface area contributed by atoms with E-state index in [-0.39, 0.29) is 0 Å². The summed E-state index contributed by atoms with van der Waals surface area (Å²) in [5.74, 6) is 0.955. The molecule has 0 bridgehead atoms. The fraction of sp³-hybridized carbons (Fsp3) is 0.438. The summed E-state index contributed by atoms with van der Waals surface area (Å²) in [6.07, 6.45) is 6.60. The first kappa shape index (κ1) is 13.9. The Morgan fingerprint density at radius 3 is 2.95 bits per heavy atom. The molecule has 3 rings (SSSR count). The number of hydrogen-bond donors (Lipinski definition) is 1. The van der Waals surface area contributed by atoms with Gasteiger partial charge in [0.2, 0.25) is 0 Å². The highest BCUT2D eigenvalue weighted by Gasteiger charge is 2.10. The zero-order valence-corrected chi connectivity index (χ0v) is 12.2. The van der Waals surface area contributed by atoms with E-state index in [0.717, 1.165) is 51.5 Å². The number of imidazole rings is 1. The summed E-state index contributed by atoms with van der Waals surface area (Å²) in [7, 11) is 0. The fourth-order valence-corrected chi connectivity index (χ4v) is 2.55. The van der Waals surface area contributed by atoms with Crippen LogP contribution < -0.4 is 15.0 Å². The van der Waals surface area contributed by atoms with Gasteiger partial charge in [0.05, 0.1) is 12.9 Å². The Morgan fingerprint density at radius 2 is 2.14 bits per heavy atom. The van der Waals surface area contributed by atoms with Crippen molar-refractivity contribution in [2.45, 2.75) is 13.0 Å². The average Bonchev–Trinajstić information content (AvgIpc) is 3.06. The first-order chi connectivity index (χ1) is 10.4. The molecule has 2 aromatic rings. The van der Waals surface area contributed by atoms with Crippen LogP contribution in [0.5, 0.6) is 5.75 Å². The van der Waals surface area contributed by atoms with Gasteiger partial charge < -0.3 is 19.5 Å². The Bertz CT molecular complexity index is 535. The van der Waals surface area contributed by atoms with E-state index in [0.29, 0.717) is 0 Å². The van der Waals surface area contributed by atoms with E-state index in [1.54, 1.807) is 6.20 Å². The molecule has 0 aliphatic carbocycles. The average molecular weight is 286 g/mol. The third-order valence-electron chi connectivity index (χ3n) is 3.69. The smallest absolute Gasteiger partial charge is 0.121 e. The first-order valence-electron chi connectivity index (χ1n) is 7.56. The van der Waals surface area contributed by atoms with Crippen molar-refractivity contribution >= 4 is 5.69 Å². The predicted molar refractivity (Wildman–Crippen MR) is 83.9 cm³/mol. The monoisotopic (exact) mass is 286 g/mol. The van der Waals surface area contributed by atoms with Crippen molar-refractivity contribution in [1.82, 2.24) is 14.9 Å². The molecule has 0 unspecified atom stereocenters. The van der Waals surface area contributed by atoms with E-state index in [4.69, 9.17) is 4.74 Å². The molecular weight excluding hydrogens is 264 g/mol. The highest BCUT2D eigenvalue weighted by molar-refractivity contribution is 5.51. The molecule has 0 radical (unpaired) electrons. The van der Waals surface area contributed by atoms with Crippen molar-refractivity contribution in [3.05, 3.63) is 43.0 Å². The van der Waals surface area contributed by atoms with E-state index in [9.17, 15) is 0 Å². The number of nitrogens with zero attached hydrogens (tertiary/aromatic N) is 3. The van der Waals surface area contributed by atoms with Gasteiger partial charge in [-0.2, -0.15) is 0 Å². The normalized spacial score (nSPS) is 15.1. The van der Waals surface area contributed by atoms with Gasteiger partial charge in [-0.25, -0.2) is 4.98 Å². The summed E-state index contributed by atoms with van der Waals surface area (Å²) < 4.78 is 7.93. The summed E-state index contributed by atoms with van der Waals surface area (Å²) in [6, 6.07) is 8.40. The lowest BCUT2D eigenvalue weighted by Crippen LogP contribution is -2.43. The summed E-state index contributed by atoms with van der Waals surface area (Å²) in [5, 5.41) is 3.37. The molecule has 0 atom stereocenters. The topological polar surface area (TPSA) is 42.3 Å². The van der Waals surface area contributed by atoms with Crippen molar-refractivity contribution in [1.29, 1.82) is 0 Å². The van der Waals surface area contributed by atoms with Crippen LogP contribution in [0.1, 0.15) is 6.42 Å². The van der Waals surface area contributed by atoms with Crippen LogP contribution in [0, 0.1) is 0 Å². The maximum Gasteiger partial charge on any atom is 0.121 e. The van der Waals surface area contributed by atoms with Gasteiger partial charge >= 0.3 is 0 Å². The quantitative estimate of drug-likeness (QED) is 0.822. The van der Waals surface area contributed by atoms with Crippen LogP contribution in [0.2, 0.25) is 0 Å². The largest absolute Gasteiger partial charge is 0.493 e. The lowest BCUT2D eigenvalue weighted by atomic mass is 10.2. The van der Waals surface area contributed by atoms with Gasteiger partial charge in [-0.15, -0.1) is 0 Å². The first-order valence-corrected chi connectivity index (χ1v) is 7.56. The van der Waals surface area contributed by atoms with Gasteiger partial charge in [-0.1, -0.05) is 6.07 Å². The van der Waals surface area contributed by atoms with E-state index in [2.05, 4.69) is 38.0 Å². The van der Waals surface area contributed by atoms with Crippen molar-refractivity contribution in [2.24, 2.45) is 0 Å². The molecular formula is C16H22N4O. The van der Waals surface area contributed by atoms with Gasteiger partial charge in [0.15, 0.2) is 0 Å². The summed E-state index contributed by atoms with van der Waals surface area (Å²) in [5.41, 5.74) is 1.25. The van der Waals surface area contributed by atoms with Crippen LogP contribution in [0.4, 0.5) is 5.69 Å². The van der Waals surface area contributed by atoms with Crippen LogP contribution in [0.15, 0.2) is 43.0 Å². The molecule has 21 heavy (non-hydrogen) atoms. The molecule has 112 valence electrons. The number of rotatable bonds is 6. The molecule has 5 heteroatoms. The molecule has 1 fully saturated rings. The summed E-state index contributed by atoms with van der Waals surface area (Å²) in [4.78, 5) is 6.43. The Balaban J connectivity index is 1.48. The third-order valence-corrected chi connectivity index (χ3v) is 3.69. The molecule has 1 N–H and O–H groups in total. The zero-order valence-electron chi connectivity index (χ0n) is 12.2. The van der Waals surface area contributed by atoms with Crippen molar-refractivity contribution < 1.29 is 4.74 Å². The van der Waals surface area contributed by atoms with Gasteiger partial charge in [0, 0.05) is 56.9 Å². The Morgan fingerprint density at radius 1 is 1.24 bits per heavy atom. The van der Waals surface area contributed by atoms with Crippen molar-refractivity contribution in [3.8, 4) is 5.75 Å². The van der Waals surface area contributed by atoms with Gasteiger partial charge in [0.25, 0.3) is 0 Å². The van der Waals surface area contributed by atoms with Crippen LogP contribution in [-0.4, -0.2) is 42.3 Å². The summed E-state index contributed by atoms with van der Waals surface area (Å²) in [6.45, 7) is 5.89. The Hall–Kier alpha value is -2.01. The lowest BCUT2D eigenvalue weighted by Gasteiger charge is -2.29. The standard InChI is InChI=1S/C16H22N4O/c1-3-15(20-10-6-17-7-11-20)13-16(4-1)21-12-2-8-19-9-5-18-14-19/h1,3-5,9,13-14,17H,2,6-8,10-12H2. The maximum absolute atomic E-state index is 5.86. The van der Waals surface area contributed by atoms with Crippen molar-refractivity contribution in [2.75, 3.05) is 37.7 Å². The second-order valence-electron chi connectivity index (χ2n) is 5.24. The zero-order chi connectivity index (χ0) is 14.3. The highest BCUT2D eigenvalue weighted by atomic mass is 16.5. The second-order valence-corrected chi connectivity index (χ2v) is 5.24. The number of aryl methyl sites for hydroxylation is 1. The number of benzene rings is 1. The van der Waals surface area contributed by atoms with E-state index in [1.165, 1.54) is 5.69 Å². The van der Waals surface area contributed by atoms with Gasteiger partial charge in [-0.3, -0.25) is 0 Å². The van der Waals surface area contributed by atoms with Gasteiger partial charge in [-0.05, 0) is 18.6 Å². The van der Waals surface area contributed by atoms with E-state index in [1.807, 2.05) is 18.6 Å².